The average molecular weight is 348 g/mol. The van der Waals surface area contributed by atoms with Crippen molar-refractivity contribution in [1.29, 1.82) is 0 Å². The molecule has 0 radical (unpaired) electrons. The Kier molecular flexibility index (Phi) is 4.59. The number of likely N-dealkylation sites (tertiary alicyclic amines) is 1. The maximum absolute atomic E-state index is 12.7. The number of carbonyl (C=O) groups excluding carboxylic acids is 1. The third-order valence-electron chi connectivity index (χ3n) is 4.57. The van der Waals surface area contributed by atoms with Crippen LogP contribution in [0.5, 0.6) is 0 Å². The summed E-state index contributed by atoms with van der Waals surface area (Å²) in [6, 6.07) is 13.9. The van der Waals surface area contributed by atoms with E-state index in [9.17, 15) is 4.79 Å². The van der Waals surface area contributed by atoms with Crippen molar-refractivity contribution in [1.82, 2.24) is 24.9 Å². The summed E-state index contributed by atoms with van der Waals surface area (Å²) in [4.78, 5) is 18.6. The van der Waals surface area contributed by atoms with Crippen LogP contribution in [0, 0.1) is 0 Å². The summed E-state index contributed by atoms with van der Waals surface area (Å²) in [5.74, 6) is 0.464. The van der Waals surface area contributed by atoms with Crippen LogP contribution in [0.15, 0.2) is 61.1 Å². The second-order valence-corrected chi connectivity index (χ2v) is 6.35. The molecule has 1 aliphatic heterocycles. The highest BCUT2D eigenvalue weighted by Gasteiger charge is 2.30. The monoisotopic (exact) mass is 348 g/mol. The molecule has 0 spiro atoms. The van der Waals surface area contributed by atoms with Crippen LogP contribution >= 0.6 is 0 Å². The number of rotatable bonds is 4. The maximum Gasteiger partial charge on any atom is 0.323 e. The highest BCUT2D eigenvalue weighted by atomic mass is 16.2. The topological polar surface area (TPSA) is 75.9 Å². The van der Waals surface area contributed by atoms with Crippen molar-refractivity contribution in [2.75, 3.05) is 11.9 Å². The zero-order valence-electron chi connectivity index (χ0n) is 14.3. The molecular formula is C19H20N6O. The molecule has 4 rings (SSSR count). The van der Waals surface area contributed by atoms with Crippen molar-refractivity contribution in [2.24, 2.45) is 0 Å². The number of urea groups is 1. The van der Waals surface area contributed by atoms with Crippen LogP contribution in [0.3, 0.4) is 0 Å². The smallest absolute Gasteiger partial charge is 0.317 e. The summed E-state index contributed by atoms with van der Waals surface area (Å²) >= 11 is 0. The fourth-order valence-corrected chi connectivity index (χ4v) is 3.33. The molecule has 2 amide bonds. The van der Waals surface area contributed by atoms with E-state index in [0.717, 1.165) is 30.5 Å². The van der Waals surface area contributed by atoms with Gasteiger partial charge in [-0.3, -0.25) is 10.3 Å². The lowest BCUT2D eigenvalue weighted by atomic mass is 10.1. The van der Waals surface area contributed by atoms with Crippen LogP contribution in [0.4, 0.5) is 10.6 Å². The van der Waals surface area contributed by atoms with Crippen molar-refractivity contribution in [3.05, 3.63) is 72.2 Å². The van der Waals surface area contributed by atoms with Gasteiger partial charge in [-0.05, 0) is 36.1 Å². The maximum atomic E-state index is 12.7. The summed E-state index contributed by atoms with van der Waals surface area (Å²) in [5, 5.41) is 11.0. The van der Waals surface area contributed by atoms with Gasteiger partial charge in [-0.15, -0.1) is 5.10 Å². The first-order valence-corrected chi connectivity index (χ1v) is 8.71. The van der Waals surface area contributed by atoms with Crippen LogP contribution in [0.25, 0.3) is 0 Å². The number of pyridine rings is 1. The Balaban J connectivity index is 1.42. The Hall–Kier alpha value is -3.22. The molecule has 1 fully saturated rings. The van der Waals surface area contributed by atoms with E-state index in [1.165, 1.54) is 0 Å². The van der Waals surface area contributed by atoms with Crippen LogP contribution in [-0.2, 0) is 6.54 Å². The van der Waals surface area contributed by atoms with Gasteiger partial charge in [0.05, 0.1) is 18.8 Å². The minimum absolute atomic E-state index is 0.0809. The number of nitrogens with one attached hydrogen (secondary N) is 1. The molecule has 1 unspecified atom stereocenters. The van der Waals surface area contributed by atoms with Gasteiger partial charge in [0.25, 0.3) is 0 Å². The van der Waals surface area contributed by atoms with Gasteiger partial charge in [-0.2, -0.15) is 0 Å². The molecule has 1 saturated heterocycles. The lowest BCUT2D eigenvalue weighted by Gasteiger charge is -2.24. The second kappa shape index (κ2) is 7.35. The Morgan fingerprint density at radius 3 is 2.77 bits per heavy atom. The van der Waals surface area contributed by atoms with Crippen LogP contribution in [-0.4, -0.2) is 37.5 Å². The molecule has 3 heterocycles. The average Bonchev–Trinajstić information content (AvgIpc) is 3.33. The third-order valence-corrected chi connectivity index (χ3v) is 4.57. The number of hydrogen-bond donors (Lipinski definition) is 1. The highest BCUT2D eigenvalue weighted by molar-refractivity contribution is 5.88. The normalized spacial score (nSPS) is 16.6. The number of aromatic nitrogens is 4. The van der Waals surface area contributed by atoms with Crippen molar-refractivity contribution in [2.45, 2.75) is 25.4 Å². The summed E-state index contributed by atoms with van der Waals surface area (Å²) in [6.45, 7) is 1.35. The largest absolute Gasteiger partial charge is 0.323 e. The van der Waals surface area contributed by atoms with Crippen molar-refractivity contribution in [3.8, 4) is 0 Å². The minimum atomic E-state index is -0.143. The first-order valence-electron chi connectivity index (χ1n) is 8.71. The molecule has 1 atom stereocenters. The van der Waals surface area contributed by atoms with E-state index in [1.807, 2.05) is 47.4 Å². The predicted octanol–water partition coefficient (Wildman–Crippen LogP) is 3.09. The van der Waals surface area contributed by atoms with Gasteiger partial charge in [0.1, 0.15) is 0 Å². The molecule has 7 nitrogen and oxygen atoms in total. The fourth-order valence-electron chi connectivity index (χ4n) is 3.33. The van der Waals surface area contributed by atoms with Crippen molar-refractivity contribution >= 4 is 11.8 Å². The number of anilines is 1. The zero-order chi connectivity index (χ0) is 17.8. The first kappa shape index (κ1) is 16.3. The molecular weight excluding hydrogens is 328 g/mol. The molecule has 1 aliphatic rings. The van der Waals surface area contributed by atoms with E-state index in [-0.39, 0.29) is 12.1 Å². The molecule has 26 heavy (non-hydrogen) atoms. The predicted molar refractivity (Wildman–Crippen MR) is 97.5 cm³/mol. The Bertz CT molecular complexity index is 864. The molecule has 7 heteroatoms. The lowest BCUT2D eigenvalue weighted by molar-refractivity contribution is 0.207. The lowest BCUT2D eigenvalue weighted by Crippen LogP contribution is -2.34. The van der Waals surface area contributed by atoms with E-state index >= 15 is 0 Å². The van der Waals surface area contributed by atoms with Gasteiger partial charge in [0.2, 0.25) is 0 Å². The quantitative estimate of drug-likeness (QED) is 0.786. The second-order valence-electron chi connectivity index (χ2n) is 6.35. The minimum Gasteiger partial charge on any atom is -0.317 e. The third kappa shape index (κ3) is 3.56. The molecule has 0 saturated carbocycles. The number of benzene rings is 1. The molecule has 0 bridgehead atoms. The summed E-state index contributed by atoms with van der Waals surface area (Å²) < 4.78 is 1.72. The molecule has 3 aromatic rings. The Morgan fingerprint density at radius 1 is 1.15 bits per heavy atom. The summed E-state index contributed by atoms with van der Waals surface area (Å²) in [5.41, 5.74) is 2.24. The van der Waals surface area contributed by atoms with E-state index in [2.05, 4.69) is 20.6 Å². The van der Waals surface area contributed by atoms with E-state index in [0.29, 0.717) is 12.4 Å². The van der Waals surface area contributed by atoms with E-state index in [4.69, 9.17) is 0 Å². The van der Waals surface area contributed by atoms with Gasteiger partial charge in [-0.1, -0.05) is 35.5 Å². The molecule has 1 aromatic carbocycles. The van der Waals surface area contributed by atoms with Crippen LogP contribution in [0.2, 0.25) is 0 Å². The number of hydrogen-bond acceptors (Lipinski definition) is 4. The van der Waals surface area contributed by atoms with Crippen molar-refractivity contribution in [3.63, 3.8) is 0 Å². The van der Waals surface area contributed by atoms with Gasteiger partial charge >= 0.3 is 6.03 Å². The summed E-state index contributed by atoms with van der Waals surface area (Å²) in [7, 11) is 0. The van der Waals surface area contributed by atoms with Gasteiger partial charge < -0.3 is 4.90 Å². The number of carbonyl (C=O) groups is 1. The fraction of sp³-hybridized carbons (Fsp3) is 0.263. The first-order chi connectivity index (χ1) is 12.8. The number of nitrogens with zero attached hydrogens (tertiary/aromatic N) is 5. The number of amides is 2. The molecule has 132 valence electrons. The van der Waals surface area contributed by atoms with Gasteiger partial charge in [-0.25, -0.2) is 9.48 Å². The SMILES string of the molecule is O=C(Nc1cn(Cc2ccccc2)nn1)N1CCCC1c1ccncc1. The van der Waals surface area contributed by atoms with Gasteiger partial charge in [0.15, 0.2) is 5.82 Å². The van der Waals surface area contributed by atoms with Gasteiger partial charge in [0, 0.05) is 18.9 Å². The summed E-state index contributed by atoms with van der Waals surface area (Å²) in [6.07, 6.45) is 7.22. The molecule has 2 aromatic heterocycles. The highest BCUT2D eigenvalue weighted by Crippen LogP contribution is 2.31. The van der Waals surface area contributed by atoms with E-state index < -0.39 is 0 Å². The standard InChI is InChI=1S/C19H20N6O/c26-19(25-12-4-7-17(25)16-8-10-20-11-9-16)21-18-14-24(23-22-18)13-15-5-2-1-3-6-15/h1-3,5-6,8-11,14,17H,4,7,12-13H2,(H,21,26). The Morgan fingerprint density at radius 2 is 1.96 bits per heavy atom. The van der Waals surface area contributed by atoms with Crippen LogP contribution < -0.4 is 5.32 Å². The molecule has 0 aliphatic carbocycles. The zero-order valence-corrected chi connectivity index (χ0v) is 14.3. The van der Waals surface area contributed by atoms with Crippen molar-refractivity contribution < 1.29 is 4.79 Å². The van der Waals surface area contributed by atoms with E-state index in [1.54, 1.807) is 23.3 Å². The van der Waals surface area contributed by atoms with Crippen LogP contribution in [0.1, 0.15) is 30.0 Å². The molecule has 1 N–H and O–H groups in total. The Labute approximate surface area is 151 Å².